The van der Waals surface area contributed by atoms with E-state index < -0.39 is 0 Å². The highest BCUT2D eigenvalue weighted by Crippen LogP contribution is 2.17. The van der Waals surface area contributed by atoms with Crippen LogP contribution in [-0.2, 0) is 0 Å². The lowest BCUT2D eigenvalue weighted by molar-refractivity contribution is 0.415. The first-order chi connectivity index (χ1) is 9.17. The van der Waals surface area contributed by atoms with Gasteiger partial charge in [-0.05, 0) is 43.3 Å². The molecule has 0 saturated heterocycles. The number of rotatable bonds is 5. The van der Waals surface area contributed by atoms with Crippen LogP contribution in [0.1, 0.15) is 5.56 Å². The van der Waals surface area contributed by atoms with Crippen LogP contribution in [0.2, 0.25) is 0 Å². The molecule has 0 aliphatic heterocycles. The maximum absolute atomic E-state index is 5.12. The van der Waals surface area contributed by atoms with Gasteiger partial charge in [-0.15, -0.1) is 0 Å². The first-order valence-corrected chi connectivity index (χ1v) is 6.11. The monoisotopic (exact) mass is 254 g/mol. The molecule has 3 nitrogen and oxygen atoms in total. The molecule has 0 bridgehead atoms. The van der Waals surface area contributed by atoms with Crippen molar-refractivity contribution in [1.29, 1.82) is 0 Å². The Morgan fingerprint density at radius 2 is 1.37 bits per heavy atom. The molecule has 0 fully saturated rings. The third-order valence-electron chi connectivity index (χ3n) is 2.73. The minimum Gasteiger partial charge on any atom is -0.497 e. The van der Waals surface area contributed by atoms with E-state index in [2.05, 4.69) is 36.3 Å². The summed E-state index contributed by atoms with van der Waals surface area (Å²) in [7, 11) is 1.65. The minimum absolute atomic E-state index is 0.731. The Labute approximate surface area is 113 Å². The zero-order valence-electron chi connectivity index (χ0n) is 11.2. The number of ether oxygens (including phenoxy) is 1. The van der Waals surface area contributed by atoms with Crippen molar-refractivity contribution in [2.45, 2.75) is 6.92 Å². The van der Waals surface area contributed by atoms with Gasteiger partial charge in [-0.1, -0.05) is 24.3 Å². The predicted molar refractivity (Wildman–Crippen MR) is 80.6 cm³/mol. The Balaban J connectivity index is 1.95. The highest BCUT2D eigenvalue weighted by Gasteiger charge is 1.97. The molecule has 0 heterocycles. The Bertz CT molecular complexity index is 544. The molecule has 2 N–H and O–H groups in total. The smallest absolute Gasteiger partial charge is 0.119 e. The second kappa shape index (κ2) is 5.96. The maximum atomic E-state index is 5.12. The topological polar surface area (TPSA) is 33.3 Å². The molecule has 0 aliphatic rings. The van der Waals surface area contributed by atoms with Gasteiger partial charge in [0.1, 0.15) is 11.6 Å². The quantitative estimate of drug-likeness (QED) is 0.846. The van der Waals surface area contributed by atoms with E-state index in [-0.39, 0.29) is 0 Å². The van der Waals surface area contributed by atoms with Crippen molar-refractivity contribution < 1.29 is 4.74 Å². The van der Waals surface area contributed by atoms with Crippen LogP contribution in [0.3, 0.4) is 0 Å². The lowest BCUT2D eigenvalue weighted by Crippen LogP contribution is -2.07. The fraction of sp³-hybridized carbons (Fsp3) is 0.125. The number of hydrogen-bond donors (Lipinski definition) is 2. The van der Waals surface area contributed by atoms with E-state index in [4.69, 9.17) is 4.74 Å². The van der Waals surface area contributed by atoms with E-state index >= 15 is 0 Å². The van der Waals surface area contributed by atoms with E-state index in [0.29, 0.717) is 0 Å². The number of methoxy groups -OCH3 is 1. The summed E-state index contributed by atoms with van der Waals surface area (Å²) in [6.07, 6.45) is 0. The van der Waals surface area contributed by atoms with Gasteiger partial charge in [-0.2, -0.15) is 0 Å². The highest BCUT2D eigenvalue weighted by molar-refractivity contribution is 5.56. The molecule has 98 valence electrons. The Morgan fingerprint density at radius 1 is 0.895 bits per heavy atom. The lowest BCUT2D eigenvalue weighted by atomic mass is 10.2. The van der Waals surface area contributed by atoms with Crippen LogP contribution < -0.4 is 15.4 Å². The SMILES string of the molecule is C=C(Nc1ccc(C)cc1)Nc1ccc(OC)cc1. The largest absolute Gasteiger partial charge is 0.497 e. The highest BCUT2D eigenvalue weighted by atomic mass is 16.5. The van der Waals surface area contributed by atoms with Gasteiger partial charge in [-0.3, -0.25) is 0 Å². The third-order valence-corrected chi connectivity index (χ3v) is 2.73. The Morgan fingerprint density at radius 3 is 1.84 bits per heavy atom. The van der Waals surface area contributed by atoms with Crippen LogP contribution in [0, 0.1) is 6.92 Å². The van der Waals surface area contributed by atoms with Gasteiger partial charge < -0.3 is 15.4 Å². The lowest BCUT2D eigenvalue weighted by Gasteiger charge is -2.12. The maximum Gasteiger partial charge on any atom is 0.119 e. The van der Waals surface area contributed by atoms with Gasteiger partial charge in [0, 0.05) is 11.4 Å². The van der Waals surface area contributed by atoms with Crippen molar-refractivity contribution in [3.05, 3.63) is 66.5 Å². The first kappa shape index (κ1) is 13.0. The van der Waals surface area contributed by atoms with Crippen molar-refractivity contribution >= 4 is 11.4 Å². The second-order valence-corrected chi connectivity index (χ2v) is 4.32. The molecule has 19 heavy (non-hydrogen) atoms. The third kappa shape index (κ3) is 3.78. The normalized spacial score (nSPS) is 9.79. The number of nitrogens with one attached hydrogen (secondary N) is 2. The second-order valence-electron chi connectivity index (χ2n) is 4.32. The van der Waals surface area contributed by atoms with E-state index in [9.17, 15) is 0 Å². The molecule has 0 amide bonds. The molecule has 0 atom stereocenters. The molecule has 0 radical (unpaired) electrons. The van der Waals surface area contributed by atoms with E-state index in [0.717, 1.165) is 22.9 Å². The number of anilines is 2. The van der Waals surface area contributed by atoms with Crippen LogP contribution in [0.25, 0.3) is 0 Å². The van der Waals surface area contributed by atoms with Gasteiger partial charge in [0.2, 0.25) is 0 Å². The van der Waals surface area contributed by atoms with Gasteiger partial charge in [0.25, 0.3) is 0 Å². The molecule has 2 rings (SSSR count). The van der Waals surface area contributed by atoms with Crippen molar-refractivity contribution in [3.63, 3.8) is 0 Å². The Hall–Kier alpha value is -2.42. The fourth-order valence-electron chi connectivity index (χ4n) is 1.69. The number of aryl methyl sites for hydroxylation is 1. The molecule has 2 aromatic carbocycles. The zero-order valence-corrected chi connectivity index (χ0v) is 11.2. The number of hydrogen-bond acceptors (Lipinski definition) is 3. The van der Waals surface area contributed by atoms with Crippen LogP contribution >= 0.6 is 0 Å². The standard InChI is InChI=1S/C16H18N2O/c1-12-4-6-14(7-5-12)17-13(2)18-15-8-10-16(19-3)11-9-15/h4-11,17-18H,2H2,1,3H3. The number of benzene rings is 2. The van der Waals surface area contributed by atoms with Gasteiger partial charge in [0.15, 0.2) is 0 Å². The summed E-state index contributed by atoms with van der Waals surface area (Å²) in [4.78, 5) is 0. The van der Waals surface area contributed by atoms with Gasteiger partial charge >= 0.3 is 0 Å². The fourth-order valence-corrected chi connectivity index (χ4v) is 1.69. The van der Waals surface area contributed by atoms with E-state index in [1.807, 2.05) is 36.4 Å². The van der Waals surface area contributed by atoms with E-state index in [1.54, 1.807) is 7.11 Å². The first-order valence-electron chi connectivity index (χ1n) is 6.11. The van der Waals surface area contributed by atoms with Crippen LogP contribution in [-0.4, -0.2) is 7.11 Å². The van der Waals surface area contributed by atoms with Crippen LogP contribution in [0.4, 0.5) is 11.4 Å². The molecule has 2 aromatic rings. The predicted octanol–water partition coefficient (Wildman–Crippen LogP) is 4.00. The van der Waals surface area contributed by atoms with Crippen molar-refractivity contribution in [2.24, 2.45) is 0 Å². The molecule has 0 saturated carbocycles. The molecular weight excluding hydrogens is 236 g/mol. The summed E-state index contributed by atoms with van der Waals surface area (Å²) in [6.45, 7) is 6.02. The van der Waals surface area contributed by atoms with Crippen LogP contribution in [0.5, 0.6) is 5.75 Å². The van der Waals surface area contributed by atoms with Gasteiger partial charge in [-0.25, -0.2) is 0 Å². The molecule has 3 heteroatoms. The van der Waals surface area contributed by atoms with Gasteiger partial charge in [0.05, 0.1) is 7.11 Å². The molecule has 0 unspecified atom stereocenters. The molecule has 0 aliphatic carbocycles. The van der Waals surface area contributed by atoms with Crippen molar-refractivity contribution in [1.82, 2.24) is 0 Å². The Kier molecular flexibility index (Phi) is 4.08. The summed E-state index contributed by atoms with van der Waals surface area (Å²) >= 11 is 0. The van der Waals surface area contributed by atoms with Crippen molar-refractivity contribution in [2.75, 3.05) is 17.7 Å². The summed E-state index contributed by atoms with van der Waals surface area (Å²) < 4.78 is 5.12. The van der Waals surface area contributed by atoms with Crippen molar-refractivity contribution in [3.8, 4) is 5.75 Å². The van der Waals surface area contributed by atoms with E-state index in [1.165, 1.54) is 5.56 Å². The summed E-state index contributed by atoms with van der Waals surface area (Å²) in [5, 5.41) is 6.40. The zero-order chi connectivity index (χ0) is 13.7. The summed E-state index contributed by atoms with van der Waals surface area (Å²) in [5.41, 5.74) is 3.21. The minimum atomic E-state index is 0.731. The summed E-state index contributed by atoms with van der Waals surface area (Å²) in [6, 6.07) is 15.9. The molecular formula is C16H18N2O. The molecule has 0 aromatic heterocycles. The average Bonchev–Trinajstić information content (AvgIpc) is 2.42. The average molecular weight is 254 g/mol. The molecule has 0 spiro atoms. The summed E-state index contributed by atoms with van der Waals surface area (Å²) in [5.74, 6) is 1.57. The van der Waals surface area contributed by atoms with Crippen LogP contribution in [0.15, 0.2) is 60.9 Å².